The molecule has 3 nitrogen and oxygen atoms in total. The van der Waals surface area contributed by atoms with Crippen molar-refractivity contribution in [2.75, 3.05) is 6.54 Å². The molecule has 0 radical (unpaired) electrons. The van der Waals surface area contributed by atoms with Crippen LogP contribution in [0.2, 0.25) is 5.15 Å². The van der Waals surface area contributed by atoms with Crippen LogP contribution in [0.25, 0.3) is 0 Å². The molecule has 0 bridgehead atoms. The first-order valence-corrected chi connectivity index (χ1v) is 5.61. The molecule has 2 rings (SSSR count). The number of imidazole rings is 1. The zero-order valence-electron chi connectivity index (χ0n) is 8.25. The van der Waals surface area contributed by atoms with Crippen molar-refractivity contribution >= 4 is 11.6 Å². The van der Waals surface area contributed by atoms with Gasteiger partial charge in [-0.05, 0) is 12.8 Å². The van der Waals surface area contributed by atoms with Gasteiger partial charge >= 0.3 is 0 Å². The van der Waals surface area contributed by atoms with E-state index in [2.05, 4.69) is 9.55 Å². The average molecular weight is 214 g/mol. The molecule has 2 N–H and O–H groups in total. The molecular weight excluding hydrogens is 198 g/mol. The van der Waals surface area contributed by atoms with Crippen LogP contribution in [0.1, 0.15) is 37.4 Å². The zero-order chi connectivity index (χ0) is 9.97. The van der Waals surface area contributed by atoms with Crippen LogP contribution in [0.15, 0.2) is 6.20 Å². The Labute approximate surface area is 89.3 Å². The minimum atomic E-state index is 0.606. The molecule has 1 aliphatic carbocycles. The lowest BCUT2D eigenvalue weighted by Gasteiger charge is -2.12. The topological polar surface area (TPSA) is 43.8 Å². The third-order valence-corrected chi connectivity index (χ3v) is 3.21. The van der Waals surface area contributed by atoms with Crippen LogP contribution in [-0.4, -0.2) is 16.1 Å². The van der Waals surface area contributed by atoms with E-state index < -0.39 is 0 Å². The van der Waals surface area contributed by atoms with E-state index in [1.54, 1.807) is 6.20 Å². The van der Waals surface area contributed by atoms with Gasteiger partial charge in [0.05, 0.1) is 6.20 Å². The fraction of sp³-hybridized carbons (Fsp3) is 0.700. The van der Waals surface area contributed by atoms with Gasteiger partial charge in [0.25, 0.3) is 0 Å². The quantitative estimate of drug-likeness (QED) is 0.836. The molecule has 1 aromatic rings. The van der Waals surface area contributed by atoms with E-state index in [4.69, 9.17) is 17.3 Å². The lowest BCUT2D eigenvalue weighted by atomic mass is 10.1. The van der Waals surface area contributed by atoms with E-state index in [-0.39, 0.29) is 0 Å². The van der Waals surface area contributed by atoms with Crippen LogP contribution in [0.3, 0.4) is 0 Å². The molecule has 0 spiro atoms. The van der Waals surface area contributed by atoms with Crippen molar-refractivity contribution in [2.45, 2.75) is 38.1 Å². The van der Waals surface area contributed by atoms with Crippen molar-refractivity contribution in [1.29, 1.82) is 0 Å². The smallest absolute Gasteiger partial charge is 0.128 e. The highest BCUT2D eigenvalue weighted by Crippen LogP contribution is 2.34. The predicted octanol–water partition coefficient (Wildman–Crippen LogP) is 2.15. The van der Waals surface area contributed by atoms with Crippen molar-refractivity contribution in [2.24, 2.45) is 5.73 Å². The monoisotopic (exact) mass is 213 g/mol. The summed E-state index contributed by atoms with van der Waals surface area (Å²) in [5.41, 5.74) is 5.55. The Bertz CT molecular complexity index is 302. The van der Waals surface area contributed by atoms with Crippen molar-refractivity contribution in [3.63, 3.8) is 0 Å². The number of hydrogen-bond acceptors (Lipinski definition) is 2. The second kappa shape index (κ2) is 4.32. The van der Waals surface area contributed by atoms with Crippen LogP contribution < -0.4 is 5.73 Å². The summed E-state index contributed by atoms with van der Waals surface area (Å²) in [6, 6.07) is 0. The summed E-state index contributed by atoms with van der Waals surface area (Å²) in [5.74, 6) is 1.74. The molecule has 0 saturated heterocycles. The van der Waals surface area contributed by atoms with Crippen molar-refractivity contribution < 1.29 is 0 Å². The number of nitrogens with two attached hydrogens (primary N) is 1. The highest BCUT2D eigenvalue weighted by molar-refractivity contribution is 6.29. The summed E-state index contributed by atoms with van der Waals surface area (Å²) in [6.07, 6.45) is 6.87. The van der Waals surface area contributed by atoms with E-state index in [0.29, 0.717) is 12.5 Å². The Balaban J connectivity index is 2.22. The molecule has 78 valence electrons. The van der Waals surface area contributed by atoms with Gasteiger partial charge in [-0.3, -0.25) is 0 Å². The Hall–Kier alpha value is -0.540. The lowest BCUT2D eigenvalue weighted by molar-refractivity contribution is 0.586. The van der Waals surface area contributed by atoms with Gasteiger partial charge in [-0.1, -0.05) is 24.4 Å². The van der Waals surface area contributed by atoms with Crippen LogP contribution in [0, 0.1) is 0 Å². The molecule has 1 aliphatic rings. The molecule has 0 aliphatic heterocycles. The van der Waals surface area contributed by atoms with Crippen molar-refractivity contribution in [3.05, 3.63) is 17.2 Å². The predicted molar refractivity (Wildman–Crippen MR) is 57.5 cm³/mol. The van der Waals surface area contributed by atoms with Crippen molar-refractivity contribution in [1.82, 2.24) is 9.55 Å². The summed E-state index contributed by atoms with van der Waals surface area (Å²) in [6.45, 7) is 1.40. The molecule has 0 atom stereocenters. The first-order chi connectivity index (χ1) is 6.83. The van der Waals surface area contributed by atoms with Gasteiger partial charge in [0.2, 0.25) is 0 Å². The van der Waals surface area contributed by atoms with Crippen LogP contribution in [0.4, 0.5) is 0 Å². The maximum absolute atomic E-state index is 6.05. The molecule has 1 heterocycles. The summed E-state index contributed by atoms with van der Waals surface area (Å²) < 4.78 is 2.05. The van der Waals surface area contributed by atoms with Crippen LogP contribution >= 0.6 is 11.6 Å². The largest absolute Gasteiger partial charge is 0.329 e. The molecule has 0 unspecified atom stereocenters. The standard InChI is InChI=1S/C10H16ClN3/c11-9-7-13-10(14(9)6-5-12)8-3-1-2-4-8/h7-8H,1-6,12H2. The van der Waals surface area contributed by atoms with E-state index in [1.807, 2.05) is 0 Å². The average Bonchev–Trinajstić information content (AvgIpc) is 2.77. The summed E-state index contributed by atoms with van der Waals surface area (Å²) in [7, 11) is 0. The van der Waals surface area contributed by atoms with Gasteiger partial charge in [-0.2, -0.15) is 0 Å². The van der Waals surface area contributed by atoms with Gasteiger partial charge in [-0.15, -0.1) is 0 Å². The second-order valence-electron chi connectivity index (χ2n) is 3.86. The Morgan fingerprint density at radius 2 is 2.21 bits per heavy atom. The van der Waals surface area contributed by atoms with Gasteiger partial charge in [0, 0.05) is 19.0 Å². The number of hydrogen-bond donors (Lipinski definition) is 1. The van der Waals surface area contributed by atoms with Crippen LogP contribution in [-0.2, 0) is 6.54 Å². The number of nitrogens with zero attached hydrogens (tertiary/aromatic N) is 2. The third-order valence-electron chi connectivity index (χ3n) is 2.91. The molecule has 4 heteroatoms. The Kier molecular flexibility index (Phi) is 3.08. The molecule has 1 aromatic heterocycles. The number of rotatable bonds is 3. The van der Waals surface area contributed by atoms with E-state index in [1.165, 1.54) is 25.7 Å². The first-order valence-electron chi connectivity index (χ1n) is 5.24. The highest BCUT2D eigenvalue weighted by atomic mass is 35.5. The van der Waals surface area contributed by atoms with Gasteiger partial charge in [-0.25, -0.2) is 4.98 Å². The van der Waals surface area contributed by atoms with E-state index >= 15 is 0 Å². The minimum Gasteiger partial charge on any atom is -0.329 e. The fourth-order valence-electron chi connectivity index (χ4n) is 2.23. The SMILES string of the molecule is NCCn1c(Cl)cnc1C1CCCC1. The van der Waals surface area contributed by atoms with Gasteiger partial charge < -0.3 is 10.3 Å². The minimum absolute atomic E-state index is 0.606. The fourth-order valence-corrected chi connectivity index (χ4v) is 2.45. The maximum atomic E-state index is 6.05. The van der Waals surface area contributed by atoms with Crippen LogP contribution in [0.5, 0.6) is 0 Å². The maximum Gasteiger partial charge on any atom is 0.128 e. The highest BCUT2D eigenvalue weighted by Gasteiger charge is 2.22. The number of aromatic nitrogens is 2. The molecule has 0 aromatic carbocycles. The molecule has 1 fully saturated rings. The number of halogens is 1. The van der Waals surface area contributed by atoms with E-state index in [9.17, 15) is 0 Å². The van der Waals surface area contributed by atoms with E-state index in [0.717, 1.165) is 17.5 Å². The Morgan fingerprint density at radius 3 is 2.86 bits per heavy atom. The van der Waals surface area contributed by atoms with Gasteiger partial charge in [0.1, 0.15) is 11.0 Å². The van der Waals surface area contributed by atoms with Crippen molar-refractivity contribution in [3.8, 4) is 0 Å². The summed E-state index contributed by atoms with van der Waals surface area (Å²) >= 11 is 6.05. The lowest BCUT2D eigenvalue weighted by Crippen LogP contribution is -2.14. The Morgan fingerprint density at radius 1 is 1.50 bits per heavy atom. The molecular formula is C10H16ClN3. The molecule has 0 amide bonds. The third kappa shape index (κ3) is 1.79. The first kappa shape index (κ1) is 9.99. The molecule has 14 heavy (non-hydrogen) atoms. The normalized spacial score (nSPS) is 17.9. The zero-order valence-corrected chi connectivity index (χ0v) is 9.00. The van der Waals surface area contributed by atoms with Gasteiger partial charge in [0.15, 0.2) is 0 Å². The summed E-state index contributed by atoms with van der Waals surface area (Å²) in [5, 5.41) is 0.720. The second-order valence-corrected chi connectivity index (χ2v) is 4.25. The molecule has 1 saturated carbocycles. The summed E-state index contributed by atoms with van der Waals surface area (Å²) in [4.78, 5) is 4.39.